The van der Waals surface area contributed by atoms with Crippen molar-refractivity contribution in [3.8, 4) is 11.5 Å². The van der Waals surface area contributed by atoms with Crippen molar-refractivity contribution in [1.82, 2.24) is 10.2 Å². The third-order valence-electron chi connectivity index (χ3n) is 3.77. The van der Waals surface area contributed by atoms with E-state index in [0.29, 0.717) is 13.2 Å². The molecule has 6 heteroatoms. The minimum absolute atomic E-state index is 0.462. The molecule has 0 atom stereocenters. The Morgan fingerprint density at radius 3 is 2.42 bits per heavy atom. The second-order valence-electron chi connectivity index (χ2n) is 6.22. The van der Waals surface area contributed by atoms with Crippen molar-refractivity contribution in [3.63, 3.8) is 0 Å². The summed E-state index contributed by atoms with van der Waals surface area (Å²) in [6.07, 6.45) is 0. The van der Waals surface area contributed by atoms with E-state index < -0.39 is 0 Å². The van der Waals surface area contributed by atoms with Crippen molar-refractivity contribution < 1.29 is 9.47 Å². The van der Waals surface area contributed by atoms with Gasteiger partial charge in [-0.3, -0.25) is 0 Å². The maximum atomic E-state index is 5.98. The van der Waals surface area contributed by atoms with Crippen molar-refractivity contribution in [2.75, 3.05) is 33.8 Å². The van der Waals surface area contributed by atoms with Gasteiger partial charge in [-0.1, -0.05) is 39.7 Å². The van der Waals surface area contributed by atoms with Crippen molar-refractivity contribution in [2.45, 2.75) is 20.1 Å². The van der Waals surface area contributed by atoms with Gasteiger partial charge in [-0.25, -0.2) is 0 Å². The molecule has 26 heavy (non-hydrogen) atoms. The molecule has 0 radical (unpaired) electrons. The van der Waals surface area contributed by atoms with E-state index >= 15 is 0 Å². The van der Waals surface area contributed by atoms with Gasteiger partial charge in [-0.2, -0.15) is 0 Å². The van der Waals surface area contributed by atoms with Gasteiger partial charge in [0.15, 0.2) is 11.5 Å². The number of benzene rings is 2. The molecule has 142 valence electrons. The quantitative estimate of drug-likeness (QED) is 0.540. The monoisotopic (exact) mass is 440 g/mol. The number of hydrogen-bond acceptors (Lipinski definition) is 4. The molecule has 2 rings (SSSR count). The van der Waals surface area contributed by atoms with Gasteiger partial charge in [-0.15, -0.1) is 0 Å². The van der Waals surface area contributed by atoms with Crippen LogP contribution in [0.2, 0.25) is 5.02 Å². The van der Waals surface area contributed by atoms with Gasteiger partial charge in [0, 0.05) is 29.1 Å². The lowest BCUT2D eigenvalue weighted by Crippen LogP contribution is -2.26. The summed E-state index contributed by atoms with van der Waals surface area (Å²) in [7, 11) is 4.13. The van der Waals surface area contributed by atoms with Crippen molar-refractivity contribution >= 4 is 27.5 Å². The second-order valence-corrected chi connectivity index (χ2v) is 7.51. The van der Waals surface area contributed by atoms with Crippen LogP contribution >= 0.6 is 27.5 Å². The number of hydrogen-bond donors (Lipinski definition) is 1. The summed E-state index contributed by atoms with van der Waals surface area (Å²) >= 11 is 9.57. The summed E-state index contributed by atoms with van der Waals surface area (Å²) in [4.78, 5) is 2.15. The number of ether oxygens (including phenoxy) is 2. The van der Waals surface area contributed by atoms with Crippen LogP contribution in [0.1, 0.15) is 18.1 Å². The largest absolute Gasteiger partial charge is 0.490 e. The van der Waals surface area contributed by atoms with Crippen LogP contribution in [0.15, 0.2) is 40.9 Å². The highest BCUT2D eigenvalue weighted by Crippen LogP contribution is 2.34. The SMILES string of the molecule is CCOc1cc(CNCCN(C)C)c(Br)cc1OCc1ccc(Cl)cc1. The molecule has 0 heterocycles. The van der Waals surface area contributed by atoms with Crippen LogP contribution in [0.5, 0.6) is 11.5 Å². The van der Waals surface area contributed by atoms with Crippen LogP contribution in [0.4, 0.5) is 0 Å². The fourth-order valence-corrected chi connectivity index (χ4v) is 2.95. The first-order valence-electron chi connectivity index (χ1n) is 8.67. The molecule has 0 aromatic heterocycles. The third-order valence-corrected chi connectivity index (χ3v) is 4.76. The van der Waals surface area contributed by atoms with Crippen molar-refractivity contribution in [3.05, 3.63) is 57.0 Å². The lowest BCUT2D eigenvalue weighted by atomic mass is 10.2. The Labute approximate surface area is 169 Å². The molecule has 0 aliphatic heterocycles. The van der Waals surface area contributed by atoms with Gasteiger partial charge in [0.2, 0.25) is 0 Å². The summed E-state index contributed by atoms with van der Waals surface area (Å²) in [5, 5.41) is 4.17. The van der Waals surface area contributed by atoms with Crippen molar-refractivity contribution in [2.24, 2.45) is 0 Å². The number of rotatable bonds is 10. The molecule has 0 saturated heterocycles. The maximum Gasteiger partial charge on any atom is 0.162 e. The fourth-order valence-electron chi connectivity index (χ4n) is 2.36. The third kappa shape index (κ3) is 6.80. The predicted molar refractivity (Wildman–Crippen MR) is 111 cm³/mol. The first kappa shape index (κ1) is 21.0. The molecule has 0 amide bonds. The molecule has 0 unspecified atom stereocenters. The van der Waals surface area contributed by atoms with E-state index in [0.717, 1.165) is 51.8 Å². The maximum absolute atomic E-state index is 5.98. The summed E-state index contributed by atoms with van der Waals surface area (Å²) in [5.41, 5.74) is 2.20. The molecule has 0 bridgehead atoms. The smallest absolute Gasteiger partial charge is 0.162 e. The molecule has 0 aliphatic rings. The number of nitrogens with zero attached hydrogens (tertiary/aromatic N) is 1. The first-order valence-corrected chi connectivity index (χ1v) is 9.84. The van der Waals surface area contributed by atoms with Gasteiger partial charge in [0.25, 0.3) is 0 Å². The zero-order valence-corrected chi connectivity index (χ0v) is 17.9. The van der Waals surface area contributed by atoms with Crippen LogP contribution < -0.4 is 14.8 Å². The van der Waals surface area contributed by atoms with E-state index in [9.17, 15) is 0 Å². The Morgan fingerprint density at radius 2 is 1.77 bits per heavy atom. The molecular formula is C20H26BrClN2O2. The fraction of sp³-hybridized carbons (Fsp3) is 0.400. The van der Waals surface area contributed by atoms with Gasteiger partial charge in [0.05, 0.1) is 6.61 Å². The zero-order chi connectivity index (χ0) is 18.9. The normalized spacial score (nSPS) is 11.0. The van der Waals surface area contributed by atoms with E-state index in [1.165, 1.54) is 0 Å². The molecule has 1 N–H and O–H groups in total. The minimum Gasteiger partial charge on any atom is -0.490 e. The number of halogens is 2. The Morgan fingerprint density at radius 1 is 1.08 bits per heavy atom. The Hall–Kier alpha value is -1.27. The van der Waals surface area contributed by atoms with E-state index in [-0.39, 0.29) is 0 Å². The average molecular weight is 442 g/mol. The molecule has 4 nitrogen and oxygen atoms in total. The van der Waals surface area contributed by atoms with Gasteiger partial charge >= 0.3 is 0 Å². The highest BCUT2D eigenvalue weighted by Gasteiger charge is 2.11. The summed E-state index contributed by atoms with van der Waals surface area (Å²) < 4.78 is 12.8. The van der Waals surface area contributed by atoms with Crippen molar-refractivity contribution in [1.29, 1.82) is 0 Å². The molecule has 0 spiro atoms. The highest BCUT2D eigenvalue weighted by atomic mass is 79.9. The Balaban J connectivity index is 2.05. The van der Waals surface area contributed by atoms with Gasteiger partial charge in [-0.05, 0) is 56.4 Å². The van der Waals surface area contributed by atoms with Crippen LogP contribution in [-0.2, 0) is 13.2 Å². The molecular weight excluding hydrogens is 416 g/mol. The first-order chi connectivity index (χ1) is 12.5. The standard InChI is InChI=1S/C20H26BrClN2O2/c1-4-25-19-11-16(13-23-9-10-24(2)3)18(21)12-20(19)26-14-15-5-7-17(22)8-6-15/h5-8,11-12,23H,4,9-10,13-14H2,1-3H3. The van der Waals surface area contributed by atoms with Crippen LogP contribution in [0, 0.1) is 0 Å². The second kappa shape index (κ2) is 10.8. The number of nitrogens with one attached hydrogen (secondary N) is 1. The molecule has 0 aliphatic carbocycles. The lowest BCUT2D eigenvalue weighted by Gasteiger charge is -2.16. The minimum atomic E-state index is 0.462. The van der Waals surface area contributed by atoms with E-state index in [4.69, 9.17) is 21.1 Å². The molecule has 0 fully saturated rings. The topological polar surface area (TPSA) is 33.7 Å². The summed E-state index contributed by atoms with van der Waals surface area (Å²) in [6.45, 7) is 5.72. The van der Waals surface area contributed by atoms with Crippen LogP contribution in [0.25, 0.3) is 0 Å². The predicted octanol–water partition coefficient (Wildman–Crippen LogP) is 4.73. The summed E-state index contributed by atoms with van der Waals surface area (Å²) in [6, 6.07) is 11.7. The average Bonchev–Trinajstić information content (AvgIpc) is 2.61. The molecule has 0 saturated carbocycles. The van der Waals surface area contributed by atoms with E-state index in [1.807, 2.05) is 43.3 Å². The number of likely N-dealkylation sites (N-methyl/N-ethyl adjacent to an activating group) is 1. The molecule has 2 aromatic rings. The Bertz CT molecular complexity index is 693. The highest BCUT2D eigenvalue weighted by molar-refractivity contribution is 9.10. The van der Waals surface area contributed by atoms with Gasteiger partial charge < -0.3 is 19.7 Å². The Kier molecular flexibility index (Phi) is 8.72. The van der Waals surface area contributed by atoms with Crippen LogP contribution in [-0.4, -0.2) is 38.7 Å². The summed E-state index contributed by atoms with van der Waals surface area (Å²) in [5.74, 6) is 1.49. The van der Waals surface area contributed by atoms with Gasteiger partial charge in [0.1, 0.15) is 6.61 Å². The van der Waals surface area contributed by atoms with E-state index in [2.05, 4.69) is 40.2 Å². The zero-order valence-electron chi connectivity index (χ0n) is 15.5. The van der Waals surface area contributed by atoms with E-state index in [1.54, 1.807) is 0 Å². The lowest BCUT2D eigenvalue weighted by molar-refractivity contribution is 0.269. The molecule has 2 aromatic carbocycles. The van der Waals surface area contributed by atoms with Crippen LogP contribution in [0.3, 0.4) is 0 Å².